The van der Waals surface area contributed by atoms with Crippen molar-refractivity contribution in [3.8, 4) is 0 Å². The molecule has 0 aliphatic carbocycles. The number of piperidine rings is 1. The maximum absolute atomic E-state index is 4.79. The van der Waals surface area contributed by atoms with Gasteiger partial charge in [0.25, 0.3) is 0 Å². The van der Waals surface area contributed by atoms with Crippen molar-refractivity contribution in [2.24, 2.45) is 5.92 Å². The minimum Gasteiger partial charge on any atom is -0.302 e. The van der Waals surface area contributed by atoms with Crippen molar-refractivity contribution < 1.29 is 0 Å². The molecule has 3 nitrogen and oxygen atoms in total. The molecule has 4 heteroatoms. The Morgan fingerprint density at radius 1 is 1.21 bits per heavy atom. The van der Waals surface area contributed by atoms with Gasteiger partial charge in [-0.15, -0.1) is 0 Å². The van der Waals surface area contributed by atoms with Crippen LogP contribution in [0.3, 0.4) is 0 Å². The smallest absolute Gasteiger partial charge is 0.146 e. The molecule has 3 atom stereocenters. The van der Waals surface area contributed by atoms with E-state index in [1.54, 1.807) is 11.5 Å². The quantitative estimate of drug-likeness (QED) is 0.859. The number of fused-ring (bicyclic) bond motifs is 2. The van der Waals surface area contributed by atoms with Crippen LogP contribution in [0.5, 0.6) is 0 Å². The highest BCUT2D eigenvalue weighted by atomic mass is 32.1. The van der Waals surface area contributed by atoms with Gasteiger partial charge < -0.3 is 4.90 Å². The number of hydrogen-bond donors (Lipinski definition) is 0. The lowest BCUT2D eigenvalue weighted by atomic mass is 9.93. The third-order valence-electron chi connectivity index (χ3n) is 4.34. The summed E-state index contributed by atoms with van der Waals surface area (Å²) in [5, 5.41) is 1.26. The predicted octanol–water partition coefficient (Wildman–Crippen LogP) is 2.55. The molecule has 1 aromatic heterocycles. The summed E-state index contributed by atoms with van der Waals surface area (Å²) in [4.78, 5) is 7.35. The molecule has 2 aromatic rings. The van der Waals surface area contributed by atoms with Crippen LogP contribution in [0.25, 0.3) is 0 Å². The second-order valence-electron chi connectivity index (χ2n) is 5.63. The maximum atomic E-state index is 4.79. The zero-order chi connectivity index (χ0) is 12.7. The summed E-state index contributed by atoms with van der Waals surface area (Å²) >= 11 is 1.62. The number of benzene rings is 1. The molecule has 2 saturated heterocycles. The molecule has 0 radical (unpaired) electrons. The molecule has 3 heterocycles. The van der Waals surface area contributed by atoms with Gasteiger partial charge in [0.1, 0.15) is 10.8 Å². The van der Waals surface area contributed by atoms with Crippen LogP contribution in [0.1, 0.15) is 28.7 Å². The van der Waals surface area contributed by atoms with Crippen molar-refractivity contribution in [3.63, 3.8) is 0 Å². The van der Waals surface area contributed by atoms with E-state index in [1.807, 2.05) is 6.07 Å². The number of nitrogens with zero attached hydrogens (tertiary/aromatic N) is 3. The fourth-order valence-corrected chi connectivity index (χ4v) is 4.19. The van der Waals surface area contributed by atoms with Crippen LogP contribution in [0.15, 0.2) is 30.3 Å². The molecule has 1 aromatic carbocycles. The molecule has 2 aliphatic rings. The van der Waals surface area contributed by atoms with Crippen LogP contribution in [0.4, 0.5) is 0 Å². The van der Waals surface area contributed by atoms with Crippen molar-refractivity contribution in [2.45, 2.75) is 18.8 Å². The minimum absolute atomic E-state index is 0.649. The van der Waals surface area contributed by atoms with Gasteiger partial charge >= 0.3 is 0 Å². The lowest BCUT2D eigenvalue weighted by molar-refractivity contribution is 0.346. The molecule has 0 saturated carbocycles. The first kappa shape index (κ1) is 11.6. The van der Waals surface area contributed by atoms with Gasteiger partial charge in [0.15, 0.2) is 0 Å². The Balaban J connectivity index is 1.51. The van der Waals surface area contributed by atoms with Crippen molar-refractivity contribution in [1.29, 1.82) is 0 Å². The summed E-state index contributed by atoms with van der Waals surface area (Å²) < 4.78 is 4.55. The first-order chi connectivity index (χ1) is 9.38. The van der Waals surface area contributed by atoms with Gasteiger partial charge in [0, 0.05) is 25.4 Å². The summed E-state index contributed by atoms with van der Waals surface area (Å²) in [5.41, 5.74) is 1.29. The summed E-state index contributed by atoms with van der Waals surface area (Å²) in [6, 6.07) is 10.5. The fraction of sp³-hybridized carbons (Fsp3) is 0.467. The van der Waals surface area contributed by atoms with Crippen molar-refractivity contribution in [2.75, 3.05) is 19.6 Å². The summed E-state index contributed by atoms with van der Waals surface area (Å²) in [6.07, 6.45) is 2.21. The average molecular weight is 271 g/mol. The molecular formula is C15H17N3S. The van der Waals surface area contributed by atoms with Crippen molar-refractivity contribution in [3.05, 3.63) is 46.7 Å². The van der Waals surface area contributed by atoms with E-state index in [2.05, 4.69) is 33.5 Å². The Morgan fingerprint density at radius 2 is 2.11 bits per heavy atom. The fourth-order valence-electron chi connectivity index (χ4n) is 3.33. The van der Waals surface area contributed by atoms with Crippen molar-refractivity contribution >= 4 is 11.5 Å². The second-order valence-corrected chi connectivity index (χ2v) is 6.41. The summed E-state index contributed by atoms with van der Waals surface area (Å²) in [6.45, 7) is 3.76. The summed E-state index contributed by atoms with van der Waals surface area (Å²) in [7, 11) is 0. The molecule has 19 heavy (non-hydrogen) atoms. The number of aromatic nitrogens is 2. The zero-order valence-electron chi connectivity index (χ0n) is 10.8. The second kappa shape index (κ2) is 4.69. The van der Waals surface area contributed by atoms with Gasteiger partial charge in [-0.25, -0.2) is 4.98 Å². The van der Waals surface area contributed by atoms with E-state index in [1.165, 1.54) is 36.6 Å². The number of rotatable bonds is 3. The Morgan fingerprint density at radius 3 is 2.84 bits per heavy atom. The normalized spacial score (nSPS) is 28.9. The van der Waals surface area contributed by atoms with Crippen LogP contribution in [-0.2, 0) is 6.42 Å². The Labute approximate surface area is 117 Å². The SMILES string of the molecule is c1ccc(Cc2nsc([C@@H]3CN4CC[C@H]3C4)n2)cc1. The van der Waals surface area contributed by atoms with Gasteiger partial charge in [0.2, 0.25) is 0 Å². The van der Waals surface area contributed by atoms with Crippen LogP contribution in [-0.4, -0.2) is 33.9 Å². The molecule has 2 aliphatic heterocycles. The Bertz CT molecular complexity index is 566. The Hall–Kier alpha value is -1.26. The van der Waals surface area contributed by atoms with Gasteiger partial charge in [0.05, 0.1) is 0 Å². The molecular weight excluding hydrogens is 254 g/mol. The van der Waals surface area contributed by atoms with E-state index in [9.17, 15) is 0 Å². The van der Waals surface area contributed by atoms with Gasteiger partial charge in [-0.2, -0.15) is 4.37 Å². The molecule has 0 amide bonds. The van der Waals surface area contributed by atoms with E-state index in [4.69, 9.17) is 4.98 Å². The molecule has 0 spiro atoms. The zero-order valence-corrected chi connectivity index (χ0v) is 11.6. The highest BCUT2D eigenvalue weighted by Gasteiger charge is 2.40. The largest absolute Gasteiger partial charge is 0.302 e. The van der Waals surface area contributed by atoms with E-state index in [0.29, 0.717) is 5.92 Å². The number of hydrogen-bond acceptors (Lipinski definition) is 4. The molecule has 2 fully saturated rings. The minimum atomic E-state index is 0.649. The summed E-state index contributed by atoms with van der Waals surface area (Å²) in [5.74, 6) is 2.47. The molecule has 98 valence electrons. The van der Waals surface area contributed by atoms with E-state index in [0.717, 1.165) is 18.2 Å². The lowest BCUT2D eigenvalue weighted by Gasteiger charge is -2.19. The average Bonchev–Trinajstić information content (AvgIpc) is 3.15. The third kappa shape index (κ3) is 2.19. The first-order valence-electron chi connectivity index (χ1n) is 6.97. The van der Waals surface area contributed by atoms with Crippen LogP contribution >= 0.6 is 11.5 Å². The topological polar surface area (TPSA) is 29.0 Å². The lowest BCUT2D eigenvalue weighted by Crippen LogP contribution is -2.22. The molecule has 2 bridgehead atoms. The Kier molecular flexibility index (Phi) is 2.85. The highest BCUT2D eigenvalue weighted by Crippen LogP contribution is 2.40. The van der Waals surface area contributed by atoms with Gasteiger partial charge in [-0.1, -0.05) is 30.3 Å². The van der Waals surface area contributed by atoms with Crippen molar-refractivity contribution in [1.82, 2.24) is 14.3 Å². The molecule has 1 unspecified atom stereocenters. The third-order valence-corrected chi connectivity index (χ3v) is 5.22. The molecule has 0 N–H and O–H groups in total. The standard InChI is InChI=1S/C15H17N3S/c1-2-4-11(5-3-1)8-14-16-15(19-17-14)13-10-18-7-6-12(13)9-18/h1-5,12-13H,6-10H2/t12-,13+/m0/s1. The van der Waals surface area contributed by atoms with Crippen LogP contribution in [0, 0.1) is 5.92 Å². The highest BCUT2D eigenvalue weighted by molar-refractivity contribution is 7.05. The van der Waals surface area contributed by atoms with E-state index >= 15 is 0 Å². The van der Waals surface area contributed by atoms with Crippen LogP contribution < -0.4 is 0 Å². The predicted molar refractivity (Wildman–Crippen MR) is 76.4 cm³/mol. The van der Waals surface area contributed by atoms with E-state index < -0.39 is 0 Å². The maximum Gasteiger partial charge on any atom is 0.146 e. The monoisotopic (exact) mass is 271 g/mol. The van der Waals surface area contributed by atoms with Gasteiger partial charge in [-0.3, -0.25) is 0 Å². The first-order valence-corrected chi connectivity index (χ1v) is 7.74. The van der Waals surface area contributed by atoms with Gasteiger partial charge in [-0.05, 0) is 36.0 Å². The van der Waals surface area contributed by atoms with E-state index in [-0.39, 0.29) is 0 Å². The molecule has 4 rings (SSSR count). The van der Waals surface area contributed by atoms with Crippen LogP contribution in [0.2, 0.25) is 0 Å².